The van der Waals surface area contributed by atoms with E-state index < -0.39 is 10.9 Å². The van der Waals surface area contributed by atoms with E-state index in [4.69, 9.17) is 5.73 Å². The lowest BCUT2D eigenvalue weighted by Crippen LogP contribution is -2.37. The third-order valence-electron chi connectivity index (χ3n) is 4.11. The van der Waals surface area contributed by atoms with Gasteiger partial charge in [0.25, 0.3) is 10.9 Å². The second kappa shape index (κ2) is 7.77. The molecule has 0 amide bonds. The third-order valence-corrected chi connectivity index (χ3v) is 4.11. The maximum Gasteiger partial charge on any atom is 0.253 e. The van der Waals surface area contributed by atoms with Crippen molar-refractivity contribution in [2.24, 2.45) is 0 Å². The molecule has 26 heavy (non-hydrogen) atoms. The summed E-state index contributed by atoms with van der Waals surface area (Å²) in [6.45, 7) is 1.75. The summed E-state index contributed by atoms with van der Waals surface area (Å²) in [5.74, 6) is 0.540. The highest BCUT2D eigenvalue weighted by molar-refractivity contribution is 5.71. The van der Waals surface area contributed by atoms with Crippen molar-refractivity contribution < 1.29 is 4.39 Å². The van der Waals surface area contributed by atoms with Crippen LogP contribution in [0.2, 0.25) is 0 Å². The number of benzene rings is 1. The molecule has 0 aliphatic rings. The second-order valence-corrected chi connectivity index (χ2v) is 5.96. The molecule has 7 heteroatoms. The third kappa shape index (κ3) is 3.88. The van der Waals surface area contributed by atoms with Crippen LogP contribution in [0.4, 0.5) is 21.6 Å². The Labute approximate surface area is 149 Å². The number of nitrogen functional groups attached to an aromatic ring is 1. The summed E-state index contributed by atoms with van der Waals surface area (Å²) in [7, 11) is 0. The predicted octanol–water partition coefficient (Wildman–Crippen LogP) is 1.91. The molecule has 1 heterocycles. The van der Waals surface area contributed by atoms with Crippen LogP contribution in [0, 0.1) is 5.82 Å². The largest absolute Gasteiger partial charge is 0.394 e. The summed E-state index contributed by atoms with van der Waals surface area (Å²) in [5, 5.41) is 2.91. The standard InChI is InChI=1S/C19H19FN4O2/c20-14-7-5-13(6-8-14)12-24(15-4-1-2-9-22-15)11-3-10-23-17-16(21)18(25)19(17)26/h1-2,4-9,23H,3,10-12,21H2. The number of nitrogens with zero attached hydrogens (tertiary/aromatic N) is 2. The molecule has 0 unspecified atom stereocenters. The van der Waals surface area contributed by atoms with Gasteiger partial charge >= 0.3 is 0 Å². The number of hydrogen-bond donors (Lipinski definition) is 2. The molecule has 0 aliphatic carbocycles. The van der Waals surface area contributed by atoms with E-state index in [2.05, 4.69) is 15.2 Å². The molecule has 0 atom stereocenters. The zero-order valence-electron chi connectivity index (χ0n) is 14.1. The van der Waals surface area contributed by atoms with Gasteiger partial charge in [0.2, 0.25) is 0 Å². The summed E-state index contributed by atoms with van der Waals surface area (Å²) >= 11 is 0. The number of halogens is 1. The molecule has 0 aliphatic heterocycles. The molecule has 3 N–H and O–H groups in total. The molecule has 0 spiro atoms. The normalized spacial score (nSPS) is 10.8. The minimum atomic E-state index is -0.626. The minimum Gasteiger partial charge on any atom is -0.394 e. The molecule has 2 aromatic carbocycles. The van der Waals surface area contributed by atoms with Crippen LogP contribution in [0.15, 0.2) is 58.3 Å². The average molecular weight is 354 g/mol. The predicted molar refractivity (Wildman–Crippen MR) is 101 cm³/mol. The van der Waals surface area contributed by atoms with E-state index in [1.807, 2.05) is 18.2 Å². The number of hydrogen-bond acceptors (Lipinski definition) is 6. The maximum absolute atomic E-state index is 13.1. The lowest BCUT2D eigenvalue weighted by molar-refractivity contribution is 0.626. The van der Waals surface area contributed by atoms with Crippen LogP contribution in [0.5, 0.6) is 0 Å². The van der Waals surface area contributed by atoms with Gasteiger partial charge in [-0.05, 0) is 36.2 Å². The van der Waals surface area contributed by atoms with Gasteiger partial charge in [0.05, 0.1) is 0 Å². The molecule has 3 rings (SSSR count). The van der Waals surface area contributed by atoms with Gasteiger partial charge in [-0.25, -0.2) is 9.37 Å². The van der Waals surface area contributed by atoms with Gasteiger partial charge < -0.3 is 16.0 Å². The highest BCUT2D eigenvalue weighted by atomic mass is 19.1. The summed E-state index contributed by atoms with van der Waals surface area (Å²) in [6.07, 6.45) is 2.42. The van der Waals surface area contributed by atoms with Crippen LogP contribution in [0.3, 0.4) is 0 Å². The van der Waals surface area contributed by atoms with Crippen LogP contribution in [-0.2, 0) is 6.54 Å². The molecule has 0 saturated heterocycles. The molecular weight excluding hydrogens is 335 g/mol. The van der Waals surface area contributed by atoms with E-state index in [0.717, 1.165) is 11.4 Å². The molecule has 0 bridgehead atoms. The van der Waals surface area contributed by atoms with Crippen LogP contribution in [0.25, 0.3) is 0 Å². The molecular formula is C19H19FN4O2. The lowest BCUT2D eigenvalue weighted by atomic mass is 10.2. The first-order valence-electron chi connectivity index (χ1n) is 8.29. The van der Waals surface area contributed by atoms with Crippen molar-refractivity contribution in [2.45, 2.75) is 13.0 Å². The monoisotopic (exact) mass is 354 g/mol. The van der Waals surface area contributed by atoms with Crippen LogP contribution in [-0.4, -0.2) is 18.1 Å². The second-order valence-electron chi connectivity index (χ2n) is 5.96. The van der Waals surface area contributed by atoms with Crippen molar-refractivity contribution in [1.29, 1.82) is 0 Å². The SMILES string of the molecule is Nc1c(NCCCN(Cc2ccc(F)cc2)c2ccccn2)c(=O)c1=O. The van der Waals surface area contributed by atoms with E-state index in [9.17, 15) is 14.0 Å². The Morgan fingerprint density at radius 1 is 1.08 bits per heavy atom. The van der Waals surface area contributed by atoms with Gasteiger partial charge in [-0.1, -0.05) is 18.2 Å². The van der Waals surface area contributed by atoms with E-state index >= 15 is 0 Å². The van der Waals surface area contributed by atoms with Crippen molar-refractivity contribution in [1.82, 2.24) is 4.98 Å². The zero-order chi connectivity index (χ0) is 18.5. The Bertz CT molecular complexity index is 935. The van der Waals surface area contributed by atoms with E-state index in [-0.39, 0.29) is 17.2 Å². The molecule has 134 valence electrons. The highest BCUT2D eigenvalue weighted by Crippen LogP contribution is 2.15. The number of pyridine rings is 1. The van der Waals surface area contributed by atoms with Crippen LogP contribution < -0.4 is 26.8 Å². The molecule has 0 saturated carbocycles. The summed E-state index contributed by atoms with van der Waals surface area (Å²) < 4.78 is 13.1. The van der Waals surface area contributed by atoms with Crippen molar-refractivity contribution in [3.63, 3.8) is 0 Å². The fourth-order valence-electron chi connectivity index (χ4n) is 2.69. The van der Waals surface area contributed by atoms with E-state index in [0.29, 0.717) is 26.1 Å². The Balaban J connectivity index is 1.61. The number of nitrogens with one attached hydrogen (secondary N) is 1. The average Bonchev–Trinajstić information content (AvgIpc) is 2.68. The van der Waals surface area contributed by atoms with Crippen molar-refractivity contribution in [2.75, 3.05) is 29.0 Å². The van der Waals surface area contributed by atoms with Crippen molar-refractivity contribution in [3.05, 3.63) is 80.5 Å². The van der Waals surface area contributed by atoms with E-state index in [1.54, 1.807) is 18.3 Å². The van der Waals surface area contributed by atoms with Gasteiger partial charge in [-0.15, -0.1) is 0 Å². The van der Waals surface area contributed by atoms with Crippen LogP contribution in [0.1, 0.15) is 12.0 Å². The first kappa shape index (κ1) is 17.6. The maximum atomic E-state index is 13.1. The fraction of sp³-hybridized carbons (Fsp3) is 0.211. The topological polar surface area (TPSA) is 88.3 Å². The fourth-order valence-corrected chi connectivity index (χ4v) is 2.69. The zero-order valence-corrected chi connectivity index (χ0v) is 14.1. The van der Waals surface area contributed by atoms with Crippen LogP contribution >= 0.6 is 0 Å². The highest BCUT2D eigenvalue weighted by Gasteiger charge is 2.17. The number of anilines is 3. The first-order chi connectivity index (χ1) is 12.6. The molecule has 0 fully saturated rings. The lowest BCUT2D eigenvalue weighted by Gasteiger charge is -2.24. The minimum absolute atomic E-state index is 0.00268. The first-order valence-corrected chi connectivity index (χ1v) is 8.29. The summed E-state index contributed by atoms with van der Waals surface area (Å²) in [6, 6.07) is 12.0. The van der Waals surface area contributed by atoms with Gasteiger partial charge in [0, 0.05) is 25.8 Å². The summed E-state index contributed by atoms with van der Waals surface area (Å²) in [5.41, 5.74) is 5.49. The molecule has 1 aromatic heterocycles. The Kier molecular flexibility index (Phi) is 5.26. The molecule has 0 radical (unpaired) electrons. The summed E-state index contributed by atoms with van der Waals surface area (Å²) in [4.78, 5) is 28.9. The van der Waals surface area contributed by atoms with Gasteiger partial charge in [0.15, 0.2) is 0 Å². The quantitative estimate of drug-likeness (QED) is 0.475. The number of rotatable bonds is 8. The Morgan fingerprint density at radius 3 is 2.50 bits per heavy atom. The van der Waals surface area contributed by atoms with E-state index in [1.165, 1.54) is 12.1 Å². The molecule has 3 aromatic rings. The molecule has 6 nitrogen and oxygen atoms in total. The van der Waals surface area contributed by atoms with Gasteiger partial charge in [0.1, 0.15) is 23.0 Å². The van der Waals surface area contributed by atoms with Gasteiger partial charge in [-0.3, -0.25) is 9.59 Å². The van der Waals surface area contributed by atoms with Crippen molar-refractivity contribution in [3.8, 4) is 0 Å². The number of nitrogens with two attached hydrogens (primary N) is 1. The Hall–Kier alpha value is -3.22. The number of aromatic nitrogens is 1. The van der Waals surface area contributed by atoms with Crippen molar-refractivity contribution >= 4 is 17.2 Å². The van der Waals surface area contributed by atoms with Gasteiger partial charge in [-0.2, -0.15) is 0 Å². The Morgan fingerprint density at radius 2 is 1.85 bits per heavy atom. The smallest absolute Gasteiger partial charge is 0.253 e.